The minimum Gasteiger partial charge on any atom is -0.503 e. The summed E-state index contributed by atoms with van der Waals surface area (Å²) in [5, 5.41) is 14.7. The highest BCUT2D eigenvalue weighted by atomic mass is 16.3. The van der Waals surface area contributed by atoms with Crippen molar-refractivity contribution in [3.63, 3.8) is 0 Å². The number of nitrogens with one attached hydrogen (secondary N) is 2. The van der Waals surface area contributed by atoms with Gasteiger partial charge in [0.25, 0.3) is 5.91 Å². The van der Waals surface area contributed by atoms with Crippen molar-refractivity contribution in [3.8, 4) is 5.75 Å². The molecule has 0 bridgehead atoms. The molecule has 3 N–H and O–H groups in total. The molecule has 108 valence electrons. The van der Waals surface area contributed by atoms with Gasteiger partial charge in [-0.15, -0.1) is 0 Å². The first-order valence-electron chi connectivity index (χ1n) is 6.38. The maximum atomic E-state index is 11.9. The number of rotatable bonds is 4. The standard InChI is InChI=1S/C15H15N3O3/c1-11(19)16-12-4-6-13(7-5-12)17-15(21)10-18-8-2-3-14(20)9-18/h2-9H,10H2,1H3,(H2-,16,17,19,20,21)/p+1. The maximum absolute atomic E-state index is 11.9. The number of amides is 2. The first-order valence-corrected chi connectivity index (χ1v) is 6.38. The Kier molecular flexibility index (Phi) is 4.50. The zero-order valence-corrected chi connectivity index (χ0v) is 11.5. The Balaban J connectivity index is 1.95. The topological polar surface area (TPSA) is 82.3 Å². The summed E-state index contributed by atoms with van der Waals surface area (Å²) in [6, 6.07) is 10.0. The predicted octanol–water partition coefficient (Wildman–Crippen LogP) is 1.28. The Morgan fingerprint density at radius 1 is 1.10 bits per heavy atom. The number of carbonyl (C=O) groups is 2. The van der Waals surface area contributed by atoms with Gasteiger partial charge in [-0.05, 0) is 30.3 Å². The van der Waals surface area contributed by atoms with Crippen LogP contribution >= 0.6 is 0 Å². The lowest BCUT2D eigenvalue weighted by molar-refractivity contribution is -0.684. The first-order chi connectivity index (χ1) is 10.0. The molecule has 21 heavy (non-hydrogen) atoms. The van der Waals surface area contributed by atoms with E-state index in [2.05, 4.69) is 10.6 Å². The van der Waals surface area contributed by atoms with Crippen LogP contribution in [-0.2, 0) is 16.1 Å². The summed E-state index contributed by atoms with van der Waals surface area (Å²) >= 11 is 0. The van der Waals surface area contributed by atoms with Crippen LogP contribution in [0.3, 0.4) is 0 Å². The van der Waals surface area contributed by atoms with Crippen LogP contribution in [0.25, 0.3) is 0 Å². The van der Waals surface area contributed by atoms with E-state index in [0.717, 1.165) is 0 Å². The normalized spacial score (nSPS) is 9.95. The van der Waals surface area contributed by atoms with Crippen molar-refractivity contribution in [2.75, 3.05) is 10.6 Å². The van der Waals surface area contributed by atoms with Crippen molar-refractivity contribution in [1.82, 2.24) is 0 Å². The van der Waals surface area contributed by atoms with E-state index < -0.39 is 0 Å². The predicted molar refractivity (Wildman–Crippen MR) is 77.7 cm³/mol. The van der Waals surface area contributed by atoms with Gasteiger partial charge < -0.3 is 15.7 Å². The molecule has 0 spiro atoms. The largest absolute Gasteiger partial charge is 0.503 e. The fourth-order valence-electron chi connectivity index (χ4n) is 1.81. The molecular weight excluding hydrogens is 270 g/mol. The quantitative estimate of drug-likeness (QED) is 0.740. The molecule has 0 saturated carbocycles. The van der Waals surface area contributed by atoms with E-state index in [-0.39, 0.29) is 24.1 Å². The summed E-state index contributed by atoms with van der Waals surface area (Å²) in [6.45, 7) is 1.53. The number of carbonyl (C=O) groups excluding carboxylic acids is 2. The Bertz CT molecular complexity index is 653. The second-order valence-electron chi connectivity index (χ2n) is 4.54. The van der Waals surface area contributed by atoms with Crippen molar-refractivity contribution in [2.45, 2.75) is 13.5 Å². The number of aromatic hydroxyl groups is 1. The van der Waals surface area contributed by atoms with Gasteiger partial charge in [0, 0.05) is 24.4 Å². The van der Waals surface area contributed by atoms with Crippen molar-refractivity contribution in [1.29, 1.82) is 0 Å². The molecule has 1 heterocycles. The highest BCUT2D eigenvalue weighted by Gasteiger charge is 2.10. The molecule has 2 aromatic rings. The van der Waals surface area contributed by atoms with E-state index in [9.17, 15) is 14.7 Å². The van der Waals surface area contributed by atoms with Gasteiger partial charge in [-0.1, -0.05) is 0 Å². The van der Waals surface area contributed by atoms with Crippen molar-refractivity contribution in [2.24, 2.45) is 0 Å². The third-order valence-corrected chi connectivity index (χ3v) is 2.66. The lowest BCUT2D eigenvalue weighted by Crippen LogP contribution is -2.39. The number of nitrogens with zero attached hydrogens (tertiary/aromatic N) is 1. The van der Waals surface area contributed by atoms with Crippen LogP contribution in [0.5, 0.6) is 5.75 Å². The fraction of sp³-hybridized carbons (Fsp3) is 0.133. The molecule has 2 rings (SSSR count). The first kappa shape index (κ1) is 14.5. The summed E-state index contributed by atoms with van der Waals surface area (Å²) in [6.07, 6.45) is 3.17. The van der Waals surface area contributed by atoms with Gasteiger partial charge in [-0.2, -0.15) is 4.57 Å². The van der Waals surface area contributed by atoms with E-state index in [4.69, 9.17) is 0 Å². The minimum atomic E-state index is -0.210. The van der Waals surface area contributed by atoms with Crippen LogP contribution in [0, 0.1) is 0 Å². The van der Waals surface area contributed by atoms with Crippen molar-refractivity contribution >= 4 is 23.2 Å². The molecule has 0 saturated heterocycles. The highest BCUT2D eigenvalue weighted by molar-refractivity contribution is 5.91. The molecule has 0 aliphatic heterocycles. The van der Waals surface area contributed by atoms with Crippen LogP contribution in [0.1, 0.15) is 6.92 Å². The molecule has 0 atom stereocenters. The smallest absolute Gasteiger partial charge is 0.290 e. The molecule has 0 aliphatic carbocycles. The average Bonchev–Trinajstić information content (AvgIpc) is 2.40. The number of benzene rings is 1. The zero-order valence-electron chi connectivity index (χ0n) is 11.5. The second-order valence-corrected chi connectivity index (χ2v) is 4.54. The molecule has 0 unspecified atom stereocenters. The Hall–Kier alpha value is -2.89. The van der Waals surface area contributed by atoms with Crippen molar-refractivity contribution in [3.05, 3.63) is 48.8 Å². The number of anilines is 2. The van der Waals surface area contributed by atoms with Crippen LogP contribution in [0.4, 0.5) is 11.4 Å². The minimum absolute atomic E-state index is 0.0991. The monoisotopic (exact) mass is 286 g/mol. The second kappa shape index (κ2) is 6.51. The van der Waals surface area contributed by atoms with Gasteiger partial charge in [-0.3, -0.25) is 9.59 Å². The lowest BCUT2D eigenvalue weighted by atomic mass is 10.2. The van der Waals surface area contributed by atoms with Gasteiger partial charge >= 0.3 is 0 Å². The van der Waals surface area contributed by atoms with E-state index >= 15 is 0 Å². The van der Waals surface area contributed by atoms with Gasteiger partial charge in [-0.25, -0.2) is 0 Å². The van der Waals surface area contributed by atoms with E-state index in [1.54, 1.807) is 41.1 Å². The van der Waals surface area contributed by atoms with Gasteiger partial charge in [0.2, 0.25) is 18.6 Å². The van der Waals surface area contributed by atoms with Crippen LogP contribution < -0.4 is 15.2 Å². The third-order valence-electron chi connectivity index (χ3n) is 2.66. The van der Waals surface area contributed by atoms with Crippen LogP contribution in [0.15, 0.2) is 48.8 Å². The SMILES string of the molecule is CC(=O)Nc1ccc(NC(=O)C[n+]2cccc(O)c2)cc1. The Morgan fingerprint density at radius 3 is 2.29 bits per heavy atom. The summed E-state index contributed by atoms with van der Waals surface area (Å²) in [5.41, 5.74) is 1.30. The molecule has 1 aromatic carbocycles. The average molecular weight is 286 g/mol. The number of hydrogen-bond acceptors (Lipinski definition) is 3. The van der Waals surface area contributed by atoms with E-state index in [0.29, 0.717) is 11.4 Å². The number of pyridine rings is 1. The molecule has 0 fully saturated rings. The van der Waals surface area contributed by atoms with E-state index in [1.165, 1.54) is 19.2 Å². The molecule has 6 nitrogen and oxygen atoms in total. The lowest BCUT2D eigenvalue weighted by Gasteiger charge is -2.05. The summed E-state index contributed by atoms with van der Waals surface area (Å²) in [7, 11) is 0. The fourth-order valence-corrected chi connectivity index (χ4v) is 1.81. The summed E-state index contributed by atoms with van der Waals surface area (Å²) < 4.78 is 1.58. The van der Waals surface area contributed by atoms with E-state index in [1.807, 2.05) is 0 Å². The number of aromatic nitrogens is 1. The van der Waals surface area contributed by atoms with Crippen LogP contribution in [0.2, 0.25) is 0 Å². The van der Waals surface area contributed by atoms with Crippen molar-refractivity contribution < 1.29 is 19.3 Å². The molecule has 0 radical (unpaired) electrons. The summed E-state index contributed by atoms with van der Waals surface area (Å²) in [4.78, 5) is 22.8. The molecule has 0 aliphatic rings. The van der Waals surface area contributed by atoms with Crippen LogP contribution in [-0.4, -0.2) is 16.9 Å². The molecule has 1 aromatic heterocycles. The molecular formula is C15H16N3O3+. The Morgan fingerprint density at radius 2 is 1.71 bits per heavy atom. The number of hydrogen-bond donors (Lipinski definition) is 3. The van der Waals surface area contributed by atoms with Gasteiger partial charge in [0.05, 0.1) is 0 Å². The summed E-state index contributed by atoms with van der Waals surface area (Å²) in [5.74, 6) is -0.255. The molecule has 2 amide bonds. The molecule has 6 heteroatoms. The third kappa shape index (κ3) is 4.61. The van der Waals surface area contributed by atoms with Gasteiger partial charge in [0.15, 0.2) is 11.9 Å². The van der Waals surface area contributed by atoms with Gasteiger partial charge in [0.1, 0.15) is 0 Å². The Labute approximate surface area is 122 Å². The highest BCUT2D eigenvalue weighted by Crippen LogP contribution is 2.13. The maximum Gasteiger partial charge on any atom is 0.290 e. The zero-order chi connectivity index (χ0) is 15.2.